The molecule has 5 atom stereocenters. The van der Waals surface area contributed by atoms with Gasteiger partial charge in [0.1, 0.15) is 16.8 Å². The largest absolute Gasteiger partial charge is 0.457 e. The fourth-order valence-electron chi connectivity index (χ4n) is 5.73. The molecule has 0 bridgehead atoms. The van der Waals surface area contributed by atoms with Gasteiger partial charge in [0.15, 0.2) is 8.32 Å². The third-order valence-corrected chi connectivity index (χ3v) is 9.10. The van der Waals surface area contributed by atoms with E-state index in [2.05, 4.69) is 19.1 Å². The topological polar surface area (TPSA) is 72.8 Å². The molecule has 3 rings (SSSR count). The molecule has 1 saturated carbocycles. The predicted molar refractivity (Wildman–Crippen MR) is 115 cm³/mol. The molecule has 1 aliphatic heterocycles. The van der Waals surface area contributed by atoms with Crippen LogP contribution in [0.15, 0.2) is 12.2 Å². The van der Waals surface area contributed by atoms with E-state index < -0.39 is 25.4 Å². The monoisotopic (exact) mass is 442 g/mol. The Morgan fingerprint density at radius 2 is 2.10 bits per heavy atom. The summed E-state index contributed by atoms with van der Waals surface area (Å²) in [6.45, 7) is 8.33. The molecule has 29 heavy (non-hydrogen) atoms. The van der Waals surface area contributed by atoms with Gasteiger partial charge in [-0.3, -0.25) is 9.59 Å². The average Bonchev–Trinajstić information content (AvgIpc) is 2.79. The highest BCUT2D eigenvalue weighted by atomic mass is 35.5. The molecular formula is C22H35ClO5Si. The van der Waals surface area contributed by atoms with Crippen molar-refractivity contribution in [1.82, 2.24) is 0 Å². The summed E-state index contributed by atoms with van der Waals surface area (Å²) < 4.78 is 12.2. The Hall–Kier alpha value is -0.693. The maximum absolute atomic E-state index is 13.0. The molecule has 0 unspecified atom stereocenters. The van der Waals surface area contributed by atoms with Gasteiger partial charge in [-0.25, -0.2) is 0 Å². The second kappa shape index (κ2) is 8.10. The highest BCUT2D eigenvalue weighted by Crippen LogP contribution is 2.65. The van der Waals surface area contributed by atoms with Crippen molar-refractivity contribution in [3.63, 3.8) is 0 Å². The maximum Gasteiger partial charge on any atom is 0.319 e. The number of alkyl halides is 1. The number of hydrogen-bond donors (Lipinski definition) is 1. The number of ether oxygens (including phenoxy) is 2. The van der Waals surface area contributed by atoms with Crippen LogP contribution < -0.4 is 0 Å². The first kappa shape index (κ1) is 23.0. The minimum absolute atomic E-state index is 0.0555. The number of carbonyl (C=O) groups is 2. The molecule has 7 heteroatoms. The Kier molecular flexibility index (Phi) is 6.42. The summed E-state index contributed by atoms with van der Waals surface area (Å²) in [6.07, 6.45) is 8.29. The molecule has 3 aliphatic rings. The highest BCUT2D eigenvalue weighted by Gasteiger charge is 2.80. The molecule has 1 saturated heterocycles. The number of hydrogen-bond acceptors (Lipinski definition) is 5. The predicted octanol–water partition coefficient (Wildman–Crippen LogP) is 4.23. The zero-order valence-corrected chi connectivity index (χ0v) is 19.9. The van der Waals surface area contributed by atoms with E-state index in [0.717, 1.165) is 31.7 Å². The van der Waals surface area contributed by atoms with Gasteiger partial charge in [-0.2, -0.15) is 0 Å². The summed E-state index contributed by atoms with van der Waals surface area (Å²) in [6, 6.07) is 0.745. The SMILES string of the molecule is C[C@@]12OC(=O)[C@]1([C@@H](OCCC[Si](C)(C)O)[C@]1(C)C=CCCC1)CC(=O)[C@@H]2CCCl. The lowest BCUT2D eigenvalue weighted by atomic mass is 9.56. The molecule has 0 spiro atoms. The van der Waals surface area contributed by atoms with E-state index in [0.29, 0.717) is 18.9 Å². The van der Waals surface area contributed by atoms with Crippen molar-refractivity contribution < 1.29 is 23.9 Å². The first-order valence-corrected chi connectivity index (χ1v) is 14.5. The Balaban J connectivity index is 1.92. The molecule has 164 valence electrons. The lowest BCUT2D eigenvalue weighted by molar-refractivity contribution is -0.275. The summed E-state index contributed by atoms with van der Waals surface area (Å²) in [5, 5.41) is 0. The van der Waals surface area contributed by atoms with Crippen LogP contribution >= 0.6 is 11.6 Å². The van der Waals surface area contributed by atoms with Crippen molar-refractivity contribution in [2.45, 2.75) is 83.2 Å². The minimum atomic E-state index is -2.15. The van der Waals surface area contributed by atoms with Gasteiger partial charge in [0, 0.05) is 24.3 Å². The number of esters is 1. The Labute approximate surface area is 180 Å². The second-order valence-corrected chi connectivity index (χ2v) is 14.6. The Morgan fingerprint density at radius 1 is 1.38 bits per heavy atom. The van der Waals surface area contributed by atoms with Crippen LogP contribution in [0.5, 0.6) is 0 Å². The van der Waals surface area contributed by atoms with Crippen molar-refractivity contribution in [3.05, 3.63) is 12.2 Å². The number of ketones is 1. The third-order valence-electron chi connectivity index (χ3n) is 7.31. The molecule has 0 radical (unpaired) electrons. The van der Waals surface area contributed by atoms with Crippen molar-refractivity contribution in [1.29, 1.82) is 0 Å². The molecule has 0 aromatic carbocycles. The maximum atomic E-state index is 13.0. The van der Waals surface area contributed by atoms with Crippen LogP contribution in [0, 0.1) is 16.7 Å². The Morgan fingerprint density at radius 3 is 2.66 bits per heavy atom. The number of allylic oxidation sites excluding steroid dienone is 1. The van der Waals surface area contributed by atoms with Gasteiger partial charge < -0.3 is 14.3 Å². The first-order chi connectivity index (χ1) is 13.5. The first-order valence-electron chi connectivity index (χ1n) is 10.8. The number of halogens is 1. The summed E-state index contributed by atoms with van der Waals surface area (Å²) in [5.74, 6) is -0.269. The van der Waals surface area contributed by atoms with E-state index in [-0.39, 0.29) is 29.5 Å². The van der Waals surface area contributed by atoms with Gasteiger partial charge >= 0.3 is 5.97 Å². The van der Waals surface area contributed by atoms with E-state index >= 15 is 0 Å². The van der Waals surface area contributed by atoms with Gasteiger partial charge in [-0.15, -0.1) is 11.6 Å². The highest BCUT2D eigenvalue weighted by molar-refractivity contribution is 6.69. The van der Waals surface area contributed by atoms with E-state index in [1.807, 2.05) is 20.0 Å². The lowest BCUT2D eigenvalue weighted by Gasteiger charge is -2.58. The van der Waals surface area contributed by atoms with Crippen molar-refractivity contribution in [3.8, 4) is 0 Å². The van der Waals surface area contributed by atoms with Gasteiger partial charge in [-0.05, 0) is 58.2 Å². The van der Waals surface area contributed by atoms with Crippen molar-refractivity contribution >= 4 is 31.7 Å². The molecule has 2 aliphatic carbocycles. The van der Waals surface area contributed by atoms with Crippen LogP contribution in [-0.2, 0) is 19.1 Å². The van der Waals surface area contributed by atoms with Gasteiger partial charge in [0.2, 0.25) is 0 Å². The summed E-state index contributed by atoms with van der Waals surface area (Å²) >= 11 is 5.97. The molecular weight excluding hydrogens is 408 g/mol. The molecule has 2 fully saturated rings. The van der Waals surface area contributed by atoms with Crippen molar-refractivity contribution in [2.24, 2.45) is 16.7 Å². The summed E-state index contributed by atoms with van der Waals surface area (Å²) in [4.78, 5) is 36.1. The van der Waals surface area contributed by atoms with E-state index in [1.54, 1.807) is 0 Å². The minimum Gasteiger partial charge on any atom is -0.457 e. The van der Waals surface area contributed by atoms with Crippen LogP contribution in [0.3, 0.4) is 0 Å². The van der Waals surface area contributed by atoms with Crippen molar-refractivity contribution in [2.75, 3.05) is 12.5 Å². The van der Waals surface area contributed by atoms with Crippen LogP contribution in [0.1, 0.15) is 52.4 Å². The quantitative estimate of drug-likeness (QED) is 0.190. The van der Waals surface area contributed by atoms with Crippen LogP contribution in [0.25, 0.3) is 0 Å². The molecule has 0 amide bonds. The van der Waals surface area contributed by atoms with Crippen LogP contribution in [0.2, 0.25) is 19.1 Å². The fraction of sp³-hybridized carbons (Fsp3) is 0.818. The molecule has 0 aromatic rings. The van der Waals surface area contributed by atoms with E-state index in [4.69, 9.17) is 21.1 Å². The normalized spacial score (nSPS) is 37.8. The summed E-state index contributed by atoms with van der Waals surface area (Å²) in [7, 11) is -2.15. The van der Waals surface area contributed by atoms with E-state index in [9.17, 15) is 14.4 Å². The molecule has 1 N–H and O–H groups in total. The third kappa shape index (κ3) is 3.86. The fourth-order valence-corrected chi connectivity index (χ4v) is 6.96. The average molecular weight is 443 g/mol. The number of rotatable bonds is 9. The van der Waals surface area contributed by atoms with Crippen LogP contribution in [0.4, 0.5) is 0 Å². The molecule has 0 aromatic heterocycles. The zero-order chi connectivity index (χ0) is 21.5. The molecule has 1 heterocycles. The van der Waals surface area contributed by atoms with Crippen LogP contribution in [-0.4, -0.2) is 49.1 Å². The molecule has 5 nitrogen and oxygen atoms in total. The van der Waals surface area contributed by atoms with Gasteiger partial charge in [0.05, 0.1) is 12.0 Å². The number of Topliss-reactive ketones (excluding diaryl/α,β-unsaturated/α-hetero) is 1. The number of carbonyl (C=O) groups excluding carboxylic acids is 2. The zero-order valence-electron chi connectivity index (χ0n) is 18.1. The second-order valence-electron chi connectivity index (χ2n) is 10.1. The standard InChI is InChI=1S/C22H35ClO5Si/c1-20(10-6-5-7-11-20)18(27-13-8-14-29(3,4)26)22-15-17(24)16(9-12-23)21(22,2)28-19(22)25/h6,10,16,18,26H,5,7-9,11-15H2,1-4H3/t16-,18-,20+,21-,22+/m0/s1. The Bertz CT molecular complexity index is 689. The van der Waals surface area contributed by atoms with E-state index in [1.165, 1.54) is 0 Å². The lowest BCUT2D eigenvalue weighted by Crippen LogP contribution is -2.72. The number of fused-ring (bicyclic) bond motifs is 1. The summed E-state index contributed by atoms with van der Waals surface area (Å²) in [5.41, 5.74) is -2.15. The van der Waals surface area contributed by atoms with Gasteiger partial charge in [0.25, 0.3) is 0 Å². The smallest absolute Gasteiger partial charge is 0.319 e. The van der Waals surface area contributed by atoms with Gasteiger partial charge in [-0.1, -0.05) is 19.1 Å².